The van der Waals surface area contributed by atoms with Gasteiger partial charge >= 0.3 is 0 Å². The first-order valence-electron chi connectivity index (χ1n) is 9.13. The average molecular weight is 394 g/mol. The molecular formula is C19H28BrN3O. The van der Waals surface area contributed by atoms with Gasteiger partial charge in [-0.05, 0) is 72.3 Å². The predicted molar refractivity (Wildman–Crippen MR) is 102 cm³/mol. The number of carbonyl (C=O) groups excluding carboxylic acids is 1. The molecule has 0 spiro atoms. The maximum Gasteiger partial charge on any atom is 0.220 e. The number of rotatable bonds is 5. The largest absolute Gasteiger partial charge is 0.368 e. The third-order valence-corrected chi connectivity index (χ3v) is 6.06. The summed E-state index contributed by atoms with van der Waals surface area (Å²) in [6.45, 7) is 6.30. The molecule has 3 unspecified atom stereocenters. The van der Waals surface area contributed by atoms with Crippen LogP contribution in [0.25, 0.3) is 0 Å². The Morgan fingerprint density at radius 1 is 1.42 bits per heavy atom. The molecule has 2 fully saturated rings. The van der Waals surface area contributed by atoms with Crippen LogP contribution in [-0.2, 0) is 4.79 Å². The van der Waals surface area contributed by atoms with E-state index in [9.17, 15) is 4.79 Å². The molecule has 1 aromatic carbocycles. The Bertz CT molecular complexity index is 559. The van der Waals surface area contributed by atoms with Crippen LogP contribution in [0.1, 0.15) is 32.6 Å². The van der Waals surface area contributed by atoms with Crippen LogP contribution in [0, 0.1) is 11.8 Å². The summed E-state index contributed by atoms with van der Waals surface area (Å²) in [6, 6.07) is 8.56. The van der Waals surface area contributed by atoms with E-state index in [2.05, 4.69) is 56.6 Å². The number of anilines is 1. The van der Waals surface area contributed by atoms with Crippen molar-refractivity contribution in [2.75, 3.05) is 31.1 Å². The lowest BCUT2D eigenvalue weighted by molar-refractivity contribution is -0.122. The van der Waals surface area contributed by atoms with Crippen molar-refractivity contribution < 1.29 is 4.79 Å². The van der Waals surface area contributed by atoms with Crippen LogP contribution in [0.2, 0.25) is 0 Å². The van der Waals surface area contributed by atoms with Gasteiger partial charge in [-0.3, -0.25) is 4.79 Å². The summed E-state index contributed by atoms with van der Waals surface area (Å²) < 4.78 is 1.12. The Kier molecular flexibility index (Phi) is 6.17. The van der Waals surface area contributed by atoms with E-state index in [0.29, 0.717) is 18.3 Å². The molecule has 1 amide bonds. The Hall–Kier alpha value is -1.07. The molecule has 0 radical (unpaired) electrons. The smallest absolute Gasteiger partial charge is 0.220 e. The van der Waals surface area contributed by atoms with Gasteiger partial charge in [0.15, 0.2) is 0 Å². The highest BCUT2D eigenvalue weighted by Gasteiger charge is 2.27. The Labute approximate surface area is 153 Å². The monoisotopic (exact) mass is 393 g/mol. The fraction of sp³-hybridized carbons (Fsp3) is 0.632. The molecule has 132 valence electrons. The van der Waals surface area contributed by atoms with Crippen LogP contribution in [0.5, 0.6) is 0 Å². The molecule has 2 aliphatic rings. The fourth-order valence-electron chi connectivity index (χ4n) is 3.92. The standard InChI is InChI=1S/C19H28BrN3O/c1-14(15-5-4-9-21-12-15)11-19(24)22-16-8-10-23(13-16)18-7-3-2-6-17(18)20/h2-3,6-7,14-16,21H,4-5,8-13H2,1H3,(H,22,24). The molecule has 24 heavy (non-hydrogen) atoms. The predicted octanol–water partition coefficient (Wildman–Crippen LogP) is 3.17. The van der Waals surface area contributed by atoms with Crippen molar-refractivity contribution >= 4 is 27.5 Å². The van der Waals surface area contributed by atoms with Crippen LogP contribution in [0.3, 0.4) is 0 Å². The topological polar surface area (TPSA) is 44.4 Å². The molecule has 2 aliphatic heterocycles. The zero-order valence-corrected chi connectivity index (χ0v) is 16.0. The first kappa shape index (κ1) is 17.7. The molecule has 2 heterocycles. The highest BCUT2D eigenvalue weighted by molar-refractivity contribution is 9.10. The second-order valence-corrected chi connectivity index (χ2v) is 8.09. The fourth-order valence-corrected chi connectivity index (χ4v) is 4.45. The minimum Gasteiger partial charge on any atom is -0.368 e. The molecule has 0 aromatic heterocycles. The van der Waals surface area contributed by atoms with Gasteiger partial charge in [-0.1, -0.05) is 19.1 Å². The van der Waals surface area contributed by atoms with Gasteiger partial charge in [-0.2, -0.15) is 0 Å². The van der Waals surface area contributed by atoms with E-state index >= 15 is 0 Å². The van der Waals surface area contributed by atoms with Crippen molar-refractivity contribution in [3.05, 3.63) is 28.7 Å². The van der Waals surface area contributed by atoms with Crippen molar-refractivity contribution in [3.8, 4) is 0 Å². The minimum atomic E-state index is 0.215. The van der Waals surface area contributed by atoms with Crippen molar-refractivity contribution in [3.63, 3.8) is 0 Å². The van der Waals surface area contributed by atoms with Gasteiger partial charge in [0, 0.05) is 30.0 Å². The lowest BCUT2D eigenvalue weighted by Gasteiger charge is -2.28. The van der Waals surface area contributed by atoms with E-state index in [4.69, 9.17) is 0 Å². The number of amides is 1. The second kappa shape index (κ2) is 8.34. The molecule has 0 bridgehead atoms. The third-order valence-electron chi connectivity index (χ3n) is 5.39. The molecule has 0 aliphatic carbocycles. The molecule has 2 N–H and O–H groups in total. The average Bonchev–Trinajstić information content (AvgIpc) is 3.04. The van der Waals surface area contributed by atoms with Gasteiger partial charge in [0.25, 0.3) is 0 Å². The molecule has 0 saturated carbocycles. The number of para-hydroxylation sites is 1. The normalized spacial score (nSPS) is 25.5. The lowest BCUT2D eigenvalue weighted by Crippen LogP contribution is -2.40. The number of piperidine rings is 1. The molecule has 5 heteroatoms. The molecule has 3 atom stereocenters. The number of benzene rings is 1. The van der Waals surface area contributed by atoms with Crippen LogP contribution in [-0.4, -0.2) is 38.1 Å². The summed E-state index contributed by atoms with van der Waals surface area (Å²) in [5, 5.41) is 6.70. The number of hydrogen-bond donors (Lipinski definition) is 2. The highest BCUT2D eigenvalue weighted by Crippen LogP contribution is 2.29. The van der Waals surface area contributed by atoms with Gasteiger partial charge in [-0.25, -0.2) is 0 Å². The van der Waals surface area contributed by atoms with Gasteiger partial charge in [-0.15, -0.1) is 0 Å². The minimum absolute atomic E-state index is 0.215. The van der Waals surface area contributed by atoms with Crippen molar-refractivity contribution in [1.82, 2.24) is 10.6 Å². The molecule has 3 rings (SSSR count). The van der Waals surface area contributed by atoms with Gasteiger partial charge in [0.05, 0.1) is 5.69 Å². The van der Waals surface area contributed by atoms with Gasteiger partial charge in [0.2, 0.25) is 5.91 Å². The van der Waals surface area contributed by atoms with E-state index in [-0.39, 0.29) is 11.9 Å². The lowest BCUT2D eigenvalue weighted by atomic mass is 9.85. The summed E-state index contributed by atoms with van der Waals surface area (Å²) in [5.74, 6) is 1.32. The maximum atomic E-state index is 12.4. The molecule has 4 nitrogen and oxygen atoms in total. The first-order valence-corrected chi connectivity index (χ1v) is 9.92. The molecular weight excluding hydrogens is 366 g/mol. The van der Waals surface area contributed by atoms with Crippen LogP contribution in [0.4, 0.5) is 5.69 Å². The maximum absolute atomic E-state index is 12.4. The summed E-state index contributed by atoms with van der Waals surface area (Å²) >= 11 is 3.62. The first-order chi connectivity index (χ1) is 11.6. The zero-order valence-electron chi connectivity index (χ0n) is 14.4. The third kappa shape index (κ3) is 4.51. The number of nitrogens with one attached hydrogen (secondary N) is 2. The van der Waals surface area contributed by atoms with Crippen molar-refractivity contribution in [1.29, 1.82) is 0 Å². The summed E-state index contributed by atoms with van der Waals surface area (Å²) in [7, 11) is 0. The van der Waals surface area contributed by atoms with E-state index < -0.39 is 0 Å². The number of carbonyl (C=O) groups is 1. The molecule has 2 saturated heterocycles. The van der Waals surface area contributed by atoms with Crippen molar-refractivity contribution in [2.24, 2.45) is 11.8 Å². The summed E-state index contributed by atoms with van der Waals surface area (Å²) in [5.41, 5.74) is 1.22. The van der Waals surface area contributed by atoms with E-state index in [1.807, 2.05) is 6.07 Å². The Balaban J connectivity index is 1.46. The van der Waals surface area contributed by atoms with Crippen LogP contribution in [0.15, 0.2) is 28.7 Å². The van der Waals surface area contributed by atoms with E-state index in [1.165, 1.54) is 18.5 Å². The molecule has 1 aromatic rings. The number of nitrogens with zero attached hydrogens (tertiary/aromatic N) is 1. The Morgan fingerprint density at radius 3 is 3.00 bits per heavy atom. The van der Waals surface area contributed by atoms with Crippen LogP contribution < -0.4 is 15.5 Å². The number of halogens is 1. The van der Waals surface area contributed by atoms with Gasteiger partial charge in [0.1, 0.15) is 0 Å². The van der Waals surface area contributed by atoms with E-state index in [1.54, 1.807) is 0 Å². The van der Waals surface area contributed by atoms with E-state index in [0.717, 1.165) is 37.1 Å². The Morgan fingerprint density at radius 2 is 2.25 bits per heavy atom. The van der Waals surface area contributed by atoms with Crippen LogP contribution >= 0.6 is 15.9 Å². The van der Waals surface area contributed by atoms with Gasteiger partial charge < -0.3 is 15.5 Å². The quantitative estimate of drug-likeness (QED) is 0.807. The van der Waals surface area contributed by atoms with Crippen molar-refractivity contribution in [2.45, 2.75) is 38.6 Å². The second-order valence-electron chi connectivity index (χ2n) is 7.24. The zero-order chi connectivity index (χ0) is 16.9. The summed E-state index contributed by atoms with van der Waals surface area (Å²) in [4.78, 5) is 14.8. The highest BCUT2D eigenvalue weighted by atomic mass is 79.9. The summed E-state index contributed by atoms with van der Waals surface area (Å²) in [6.07, 6.45) is 4.16. The SMILES string of the molecule is CC(CC(=O)NC1CCN(c2ccccc2Br)C1)C1CCCNC1. The number of hydrogen-bond acceptors (Lipinski definition) is 3.